The summed E-state index contributed by atoms with van der Waals surface area (Å²) in [5, 5.41) is -0.149. The van der Waals surface area contributed by atoms with Crippen LogP contribution in [0.5, 0.6) is 5.75 Å². The zero-order chi connectivity index (χ0) is 21.8. The normalized spacial score (nSPS) is 14.0. The number of ether oxygens (including phenoxy) is 2. The van der Waals surface area contributed by atoms with Crippen molar-refractivity contribution in [2.75, 3.05) is 11.5 Å². The Morgan fingerprint density at radius 3 is 2.20 bits per heavy atom. The maximum Gasteiger partial charge on any atom is 0.338 e. The van der Waals surface area contributed by atoms with Gasteiger partial charge >= 0.3 is 5.97 Å². The first-order valence-electron chi connectivity index (χ1n) is 9.66. The summed E-state index contributed by atoms with van der Waals surface area (Å²) in [6, 6.07) is 12.9. The zero-order valence-electron chi connectivity index (χ0n) is 17.0. The van der Waals surface area contributed by atoms with Gasteiger partial charge in [0.2, 0.25) is 0 Å². The summed E-state index contributed by atoms with van der Waals surface area (Å²) < 4.78 is 10.7. The lowest BCUT2D eigenvalue weighted by molar-refractivity contribution is -0.119. The molecule has 3 rings (SSSR count). The molecule has 30 heavy (non-hydrogen) atoms. The smallest absolute Gasteiger partial charge is 0.338 e. The first-order valence-corrected chi connectivity index (χ1v) is 10.0. The first kappa shape index (κ1) is 21.6. The van der Waals surface area contributed by atoms with Gasteiger partial charge in [0.1, 0.15) is 10.8 Å². The molecule has 0 atom stereocenters. The Labute approximate surface area is 180 Å². The highest BCUT2D eigenvalue weighted by atomic mass is 35.5. The Morgan fingerprint density at radius 1 is 1.00 bits per heavy atom. The molecule has 1 aliphatic heterocycles. The van der Waals surface area contributed by atoms with E-state index in [-0.39, 0.29) is 16.7 Å². The van der Waals surface area contributed by atoms with E-state index < -0.39 is 17.8 Å². The van der Waals surface area contributed by atoms with E-state index in [1.54, 1.807) is 24.3 Å². The fraction of sp³-hybridized carbons (Fsp3) is 0.261. The average Bonchev–Trinajstić information content (AvgIpc) is 2.95. The number of carbonyl (C=O) groups is 3. The van der Waals surface area contributed by atoms with Gasteiger partial charge in [0.05, 0.1) is 29.5 Å². The number of anilines is 1. The summed E-state index contributed by atoms with van der Waals surface area (Å²) in [4.78, 5) is 38.6. The first-order chi connectivity index (χ1) is 14.3. The third-order valence-corrected chi connectivity index (χ3v) is 4.69. The number of rotatable bonds is 7. The van der Waals surface area contributed by atoms with Gasteiger partial charge < -0.3 is 9.47 Å². The van der Waals surface area contributed by atoms with Crippen LogP contribution in [0.15, 0.2) is 53.6 Å². The lowest BCUT2D eigenvalue weighted by Crippen LogP contribution is -2.31. The Morgan fingerprint density at radius 2 is 1.63 bits per heavy atom. The van der Waals surface area contributed by atoms with Gasteiger partial charge in [-0.2, -0.15) is 0 Å². The molecule has 0 aliphatic carbocycles. The van der Waals surface area contributed by atoms with Crippen LogP contribution in [0.4, 0.5) is 5.69 Å². The maximum absolute atomic E-state index is 13.0. The van der Waals surface area contributed by atoms with Crippen molar-refractivity contribution in [2.24, 2.45) is 0 Å². The van der Waals surface area contributed by atoms with Crippen molar-refractivity contribution < 1.29 is 23.9 Å². The minimum atomic E-state index is -0.611. The second-order valence-electron chi connectivity index (χ2n) is 7.01. The number of imide groups is 1. The predicted octanol–water partition coefficient (Wildman–Crippen LogP) is 4.56. The van der Waals surface area contributed by atoms with Gasteiger partial charge in [-0.3, -0.25) is 9.59 Å². The van der Waals surface area contributed by atoms with Crippen LogP contribution in [-0.4, -0.2) is 30.5 Å². The van der Waals surface area contributed by atoms with Crippen molar-refractivity contribution in [1.82, 2.24) is 0 Å². The molecular formula is C23H22ClNO5. The van der Waals surface area contributed by atoms with Crippen LogP contribution >= 0.6 is 11.6 Å². The number of halogens is 1. The molecule has 0 spiro atoms. The third-order valence-electron chi connectivity index (χ3n) is 4.34. The minimum absolute atomic E-state index is 0.0195. The second kappa shape index (κ2) is 9.13. The zero-order valence-corrected chi connectivity index (χ0v) is 17.7. The lowest BCUT2D eigenvalue weighted by atomic mass is 10.1. The molecule has 2 aromatic carbocycles. The molecule has 0 saturated carbocycles. The van der Waals surface area contributed by atoms with Crippen LogP contribution in [0, 0.1) is 0 Å². The highest BCUT2D eigenvalue weighted by Crippen LogP contribution is 2.35. The van der Waals surface area contributed by atoms with E-state index in [1.807, 2.05) is 20.8 Å². The van der Waals surface area contributed by atoms with Crippen LogP contribution in [-0.2, 0) is 14.3 Å². The van der Waals surface area contributed by atoms with E-state index in [4.69, 9.17) is 21.1 Å². The van der Waals surface area contributed by atoms with E-state index >= 15 is 0 Å². The summed E-state index contributed by atoms with van der Waals surface area (Å²) in [6.45, 7) is 6.06. The lowest BCUT2D eigenvalue weighted by Gasteiger charge is -2.15. The van der Waals surface area contributed by atoms with Gasteiger partial charge in [0.15, 0.2) is 0 Å². The van der Waals surface area contributed by atoms with Gasteiger partial charge in [-0.1, -0.05) is 30.7 Å². The molecule has 1 aliphatic rings. The summed E-state index contributed by atoms with van der Waals surface area (Å²) in [6.07, 6.45) is 0.740. The Hall–Kier alpha value is -3.12. The van der Waals surface area contributed by atoms with E-state index in [1.165, 1.54) is 24.3 Å². The van der Waals surface area contributed by atoms with Gasteiger partial charge in [0, 0.05) is 0 Å². The van der Waals surface area contributed by atoms with Gasteiger partial charge in [0.25, 0.3) is 11.8 Å². The molecule has 2 amide bonds. The van der Waals surface area contributed by atoms with Gasteiger partial charge in [-0.25, -0.2) is 9.69 Å². The monoisotopic (exact) mass is 427 g/mol. The molecule has 0 N–H and O–H groups in total. The summed E-state index contributed by atoms with van der Waals surface area (Å²) in [5.41, 5.74) is 1.32. The van der Waals surface area contributed by atoms with Crippen LogP contribution in [0.1, 0.15) is 43.1 Å². The Balaban J connectivity index is 1.82. The number of hydrogen-bond acceptors (Lipinski definition) is 5. The van der Waals surface area contributed by atoms with Crippen molar-refractivity contribution in [1.29, 1.82) is 0 Å². The van der Waals surface area contributed by atoms with E-state index in [9.17, 15) is 14.4 Å². The summed E-state index contributed by atoms with van der Waals surface area (Å²) in [5.74, 6) is -0.933. The molecular weight excluding hydrogens is 406 g/mol. The van der Waals surface area contributed by atoms with E-state index in [2.05, 4.69) is 0 Å². The molecule has 1 heterocycles. The molecule has 0 fully saturated rings. The number of nitrogens with zero attached hydrogens (tertiary/aromatic N) is 1. The molecule has 2 aromatic rings. The quantitative estimate of drug-likeness (QED) is 0.478. The highest BCUT2D eigenvalue weighted by Gasteiger charge is 2.39. The van der Waals surface area contributed by atoms with Crippen LogP contribution in [0.25, 0.3) is 5.57 Å². The van der Waals surface area contributed by atoms with Crippen LogP contribution < -0.4 is 9.64 Å². The molecule has 7 heteroatoms. The largest absolute Gasteiger partial charge is 0.491 e. The molecule has 0 unspecified atom stereocenters. The molecule has 0 bridgehead atoms. The fourth-order valence-electron chi connectivity index (χ4n) is 2.98. The fourth-order valence-corrected chi connectivity index (χ4v) is 3.26. The summed E-state index contributed by atoms with van der Waals surface area (Å²) >= 11 is 6.23. The third kappa shape index (κ3) is 4.39. The van der Waals surface area contributed by atoms with Crippen LogP contribution in [0.2, 0.25) is 0 Å². The molecule has 6 nitrogen and oxygen atoms in total. The Bertz CT molecular complexity index is 993. The maximum atomic E-state index is 13.0. The SMILES string of the molecule is CCCOC(=O)c1ccc(N2C(=O)C(Cl)=C(c3ccc(OC(C)C)cc3)C2=O)cc1. The summed E-state index contributed by atoms with van der Waals surface area (Å²) in [7, 11) is 0. The highest BCUT2D eigenvalue weighted by molar-refractivity contribution is 6.60. The number of amides is 2. The van der Waals surface area contributed by atoms with Crippen molar-refractivity contribution in [2.45, 2.75) is 33.3 Å². The van der Waals surface area contributed by atoms with Gasteiger partial charge in [-0.05, 0) is 62.2 Å². The second-order valence-corrected chi connectivity index (χ2v) is 7.39. The molecule has 156 valence electrons. The van der Waals surface area contributed by atoms with Crippen molar-refractivity contribution in [3.8, 4) is 5.75 Å². The van der Waals surface area contributed by atoms with E-state index in [0.29, 0.717) is 29.2 Å². The number of hydrogen-bond donors (Lipinski definition) is 0. The standard InChI is InChI=1S/C23H22ClNO5/c1-4-13-29-23(28)16-5-9-17(10-6-16)25-21(26)19(20(24)22(25)27)15-7-11-18(12-8-15)30-14(2)3/h5-12,14H,4,13H2,1-3H3. The predicted molar refractivity (Wildman–Crippen MR) is 114 cm³/mol. The van der Waals surface area contributed by atoms with E-state index in [0.717, 1.165) is 11.3 Å². The molecule has 0 aromatic heterocycles. The van der Waals surface area contributed by atoms with Crippen molar-refractivity contribution in [3.05, 3.63) is 64.7 Å². The number of esters is 1. The average molecular weight is 428 g/mol. The topological polar surface area (TPSA) is 72.9 Å². The van der Waals surface area contributed by atoms with Crippen LogP contribution in [0.3, 0.4) is 0 Å². The number of carbonyl (C=O) groups excluding carboxylic acids is 3. The van der Waals surface area contributed by atoms with Crippen molar-refractivity contribution >= 4 is 40.6 Å². The van der Waals surface area contributed by atoms with Gasteiger partial charge in [-0.15, -0.1) is 0 Å². The minimum Gasteiger partial charge on any atom is -0.491 e. The number of benzene rings is 2. The Kier molecular flexibility index (Phi) is 6.57. The molecule has 0 saturated heterocycles. The molecule has 0 radical (unpaired) electrons. The van der Waals surface area contributed by atoms with Crippen molar-refractivity contribution in [3.63, 3.8) is 0 Å².